The maximum absolute atomic E-state index is 12.9. The lowest BCUT2D eigenvalue weighted by Crippen LogP contribution is -2.48. The number of carbonyl (C=O) groups excluding carboxylic acids is 1. The standard InChI is InChI=1S/C20H19F3N4O.ClH/c21-20(22,23)15-4-1-3-14(11-15)12-26-7-9-27(10-8-26)19(28)16-5-2-6-17-18(16)25-13-24-17;/h1-6,11,13H,7-10,12H2,(H,24,25);1H. The SMILES string of the molecule is Cl.O=C(c1cccc2[nH]cnc12)N1CCN(Cc2cccc(C(F)(F)F)c2)CC1. The van der Waals surface area contributed by atoms with Crippen LogP contribution in [-0.2, 0) is 12.7 Å². The molecule has 29 heavy (non-hydrogen) atoms. The molecule has 5 nitrogen and oxygen atoms in total. The summed E-state index contributed by atoms with van der Waals surface area (Å²) in [6.07, 6.45) is -2.77. The fraction of sp³-hybridized carbons (Fsp3) is 0.300. The van der Waals surface area contributed by atoms with Gasteiger partial charge in [-0.25, -0.2) is 4.98 Å². The Balaban J connectivity index is 0.00000240. The maximum Gasteiger partial charge on any atom is 0.416 e. The number of rotatable bonds is 3. The number of H-pyrrole nitrogens is 1. The van der Waals surface area contributed by atoms with Crippen LogP contribution in [0.3, 0.4) is 0 Å². The van der Waals surface area contributed by atoms with E-state index in [1.165, 1.54) is 12.1 Å². The van der Waals surface area contributed by atoms with Gasteiger partial charge in [-0.15, -0.1) is 12.4 Å². The molecule has 1 aliphatic heterocycles. The lowest BCUT2D eigenvalue weighted by atomic mass is 10.1. The molecule has 1 amide bonds. The number of piperazine rings is 1. The molecule has 154 valence electrons. The Morgan fingerprint density at radius 2 is 1.79 bits per heavy atom. The summed E-state index contributed by atoms with van der Waals surface area (Å²) < 4.78 is 38.6. The van der Waals surface area contributed by atoms with Crippen LogP contribution in [-0.4, -0.2) is 51.9 Å². The molecule has 1 saturated heterocycles. The second-order valence-electron chi connectivity index (χ2n) is 6.87. The number of amides is 1. The van der Waals surface area contributed by atoms with E-state index in [1.54, 1.807) is 23.4 Å². The second-order valence-corrected chi connectivity index (χ2v) is 6.87. The van der Waals surface area contributed by atoms with Gasteiger partial charge in [-0.2, -0.15) is 13.2 Å². The van der Waals surface area contributed by atoms with Gasteiger partial charge < -0.3 is 9.88 Å². The van der Waals surface area contributed by atoms with Crippen LogP contribution in [0.4, 0.5) is 13.2 Å². The number of imidazole rings is 1. The molecule has 0 spiro atoms. The van der Waals surface area contributed by atoms with Crippen molar-refractivity contribution in [2.24, 2.45) is 0 Å². The second kappa shape index (κ2) is 8.42. The highest BCUT2D eigenvalue weighted by molar-refractivity contribution is 6.04. The fourth-order valence-corrected chi connectivity index (χ4v) is 3.52. The molecular weight excluding hydrogens is 405 g/mol. The van der Waals surface area contributed by atoms with E-state index in [0.29, 0.717) is 49.4 Å². The Kier molecular flexibility index (Phi) is 6.14. The Morgan fingerprint density at radius 3 is 2.52 bits per heavy atom. The van der Waals surface area contributed by atoms with E-state index in [9.17, 15) is 18.0 Å². The van der Waals surface area contributed by atoms with Gasteiger partial charge in [0, 0.05) is 32.7 Å². The fourth-order valence-electron chi connectivity index (χ4n) is 3.52. The van der Waals surface area contributed by atoms with Gasteiger partial charge in [0.1, 0.15) is 5.52 Å². The van der Waals surface area contributed by atoms with Crippen LogP contribution >= 0.6 is 12.4 Å². The summed E-state index contributed by atoms with van der Waals surface area (Å²) in [6.45, 7) is 2.70. The number of hydrogen-bond acceptors (Lipinski definition) is 3. The van der Waals surface area contributed by atoms with Crippen molar-refractivity contribution in [2.75, 3.05) is 26.2 Å². The molecular formula is C20H20ClF3N4O. The van der Waals surface area contributed by atoms with Gasteiger partial charge in [0.2, 0.25) is 0 Å². The number of halogens is 4. The quantitative estimate of drug-likeness (QED) is 0.692. The molecule has 4 rings (SSSR count). The summed E-state index contributed by atoms with van der Waals surface area (Å²) in [6, 6.07) is 10.9. The van der Waals surface area contributed by atoms with Gasteiger partial charge in [-0.05, 0) is 23.8 Å². The summed E-state index contributed by atoms with van der Waals surface area (Å²) in [7, 11) is 0. The van der Waals surface area contributed by atoms with Gasteiger partial charge in [0.25, 0.3) is 5.91 Å². The molecule has 3 aromatic rings. The summed E-state index contributed by atoms with van der Waals surface area (Å²) in [5, 5.41) is 0. The van der Waals surface area contributed by atoms with Crippen LogP contribution in [0.2, 0.25) is 0 Å². The number of alkyl halides is 3. The van der Waals surface area contributed by atoms with E-state index in [2.05, 4.69) is 14.9 Å². The molecule has 2 heterocycles. The minimum Gasteiger partial charge on any atom is -0.345 e. The van der Waals surface area contributed by atoms with Crippen molar-refractivity contribution in [3.63, 3.8) is 0 Å². The number of hydrogen-bond donors (Lipinski definition) is 1. The monoisotopic (exact) mass is 424 g/mol. The molecule has 0 radical (unpaired) electrons. The zero-order valence-electron chi connectivity index (χ0n) is 15.4. The van der Waals surface area contributed by atoms with Crippen molar-refractivity contribution < 1.29 is 18.0 Å². The zero-order chi connectivity index (χ0) is 19.7. The predicted molar refractivity (Wildman–Crippen MR) is 106 cm³/mol. The minimum absolute atomic E-state index is 0. The first-order valence-corrected chi connectivity index (χ1v) is 9.02. The van der Waals surface area contributed by atoms with Gasteiger partial charge >= 0.3 is 6.18 Å². The van der Waals surface area contributed by atoms with E-state index >= 15 is 0 Å². The summed E-state index contributed by atoms with van der Waals surface area (Å²) in [5.74, 6) is -0.0728. The van der Waals surface area contributed by atoms with Crippen LogP contribution in [0.15, 0.2) is 48.8 Å². The maximum atomic E-state index is 12.9. The third-order valence-electron chi connectivity index (χ3n) is 5.00. The predicted octanol–water partition coefficient (Wildman–Crippen LogP) is 3.96. The molecule has 1 fully saturated rings. The summed E-state index contributed by atoms with van der Waals surface area (Å²) in [4.78, 5) is 23.9. The molecule has 2 aromatic carbocycles. The molecule has 0 bridgehead atoms. The van der Waals surface area contributed by atoms with Crippen molar-refractivity contribution in [1.29, 1.82) is 0 Å². The first-order chi connectivity index (χ1) is 13.4. The topological polar surface area (TPSA) is 52.2 Å². The van der Waals surface area contributed by atoms with Crippen LogP contribution < -0.4 is 0 Å². The third kappa shape index (κ3) is 4.54. The van der Waals surface area contributed by atoms with E-state index in [1.807, 2.05) is 12.1 Å². The van der Waals surface area contributed by atoms with Crippen molar-refractivity contribution in [3.05, 3.63) is 65.5 Å². The first-order valence-electron chi connectivity index (χ1n) is 9.02. The van der Waals surface area contributed by atoms with Gasteiger partial charge in [-0.3, -0.25) is 9.69 Å². The Bertz CT molecular complexity index is 997. The smallest absolute Gasteiger partial charge is 0.345 e. The normalized spacial score (nSPS) is 15.3. The molecule has 1 N–H and O–H groups in total. The van der Waals surface area contributed by atoms with Crippen LogP contribution in [0, 0.1) is 0 Å². The first kappa shape index (κ1) is 21.1. The lowest BCUT2D eigenvalue weighted by molar-refractivity contribution is -0.137. The van der Waals surface area contributed by atoms with Crippen LogP contribution in [0.25, 0.3) is 11.0 Å². The van der Waals surface area contributed by atoms with Crippen molar-refractivity contribution in [3.8, 4) is 0 Å². The van der Waals surface area contributed by atoms with Crippen LogP contribution in [0.1, 0.15) is 21.5 Å². The average Bonchev–Trinajstić information content (AvgIpc) is 3.16. The molecule has 9 heteroatoms. The van der Waals surface area contributed by atoms with Crippen molar-refractivity contribution in [1.82, 2.24) is 19.8 Å². The Morgan fingerprint density at radius 1 is 1.07 bits per heavy atom. The Labute approximate surface area is 171 Å². The number of fused-ring (bicyclic) bond motifs is 1. The molecule has 0 unspecified atom stereocenters. The van der Waals surface area contributed by atoms with E-state index < -0.39 is 11.7 Å². The van der Waals surface area contributed by atoms with E-state index in [4.69, 9.17) is 0 Å². The van der Waals surface area contributed by atoms with Gasteiger partial charge in [0.05, 0.1) is 23.0 Å². The average molecular weight is 425 g/mol. The Hall–Kier alpha value is -2.58. The van der Waals surface area contributed by atoms with Gasteiger partial charge in [0.15, 0.2) is 0 Å². The summed E-state index contributed by atoms with van der Waals surface area (Å²) >= 11 is 0. The molecule has 0 aliphatic carbocycles. The number of benzene rings is 2. The van der Waals surface area contributed by atoms with Crippen molar-refractivity contribution in [2.45, 2.75) is 12.7 Å². The number of nitrogens with zero attached hydrogens (tertiary/aromatic N) is 3. The highest BCUT2D eigenvalue weighted by atomic mass is 35.5. The van der Waals surface area contributed by atoms with E-state index in [0.717, 1.165) is 11.6 Å². The lowest BCUT2D eigenvalue weighted by Gasteiger charge is -2.35. The number of carbonyl (C=O) groups is 1. The number of aromatic amines is 1. The number of aromatic nitrogens is 2. The molecule has 0 atom stereocenters. The largest absolute Gasteiger partial charge is 0.416 e. The molecule has 1 aromatic heterocycles. The van der Waals surface area contributed by atoms with E-state index in [-0.39, 0.29) is 18.3 Å². The zero-order valence-corrected chi connectivity index (χ0v) is 16.3. The minimum atomic E-state index is -4.34. The highest BCUT2D eigenvalue weighted by Gasteiger charge is 2.30. The van der Waals surface area contributed by atoms with Crippen LogP contribution in [0.5, 0.6) is 0 Å². The summed E-state index contributed by atoms with van der Waals surface area (Å²) in [5.41, 5.74) is 2.01. The molecule has 0 saturated carbocycles. The molecule has 1 aliphatic rings. The van der Waals surface area contributed by atoms with Crippen molar-refractivity contribution >= 4 is 29.3 Å². The number of nitrogens with one attached hydrogen (secondary N) is 1. The number of para-hydroxylation sites is 1. The highest BCUT2D eigenvalue weighted by Crippen LogP contribution is 2.29. The van der Waals surface area contributed by atoms with Gasteiger partial charge in [-0.1, -0.05) is 24.3 Å². The third-order valence-corrected chi connectivity index (χ3v) is 5.00.